The van der Waals surface area contributed by atoms with Crippen LogP contribution in [0, 0.1) is 0 Å². The molecule has 1 nitrogen and oxygen atoms in total. The Bertz CT molecular complexity index is 402. The standard InChI is InChI=1S/C16H24BrNS/c1-2-14(18)10-12-8-9-13(17)11-16(12)19-15-6-4-3-5-7-15/h8-9,11,14-15H,2-7,10,18H2,1H3. The van der Waals surface area contributed by atoms with Crippen LogP contribution in [0.4, 0.5) is 0 Å². The van der Waals surface area contributed by atoms with Gasteiger partial charge in [0, 0.05) is 20.7 Å². The van der Waals surface area contributed by atoms with E-state index in [4.69, 9.17) is 5.73 Å². The number of benzene rings is 1. The Labute approximate surface area is 129 Å². The Hall–Kier alpha value is 0.01000. The minimum Gasteiger partial charge on any atom is -0.327 e. The highest BCUT2D eigenvalue weighted by Gasteiger charge is 2.17. The van der Waals surface area contributed by atoms with Gasteiger partial charge in [0.2, 0.25) is 0 Å². The van der Waals surface area contributed by atoms with E-state index in [0.29, 0.717) is 0 Å². The van der Waals surface area contributed by atoms with Crippen LogP contribution in [0.1, 0.15) is 51.0 Å². The summed E-state index contributed by atoms with van der Waals surface area (Å²) in [6.45, 7) is 2.16. The van der Waals surface area contributed by atoms with E-state index in [-0.39, 0.29) is 6.04 Å². The predicted octanol–water partition coefficient (Wildman–Crippen LogP) is 5.15. The van der Waals surface area contributed by atoms with Gasteiger partial charge in [-0.3, -0.25) is 0 Å². The highest BCUT2D eigenvalue weighted by Crippen LogP contribution is 2.36. The summed E-state index contributed by atoms with van der Waals surface area (Å²) in [6, 6.07) is 6.94. The van der Waals surface area contributed by atoms with Crippen molar-refractivity contribution in [1.29, 1.82) is 0 Å². The lowest BCUT2D eigenvalue weighted by Gasteiger charge is -2.23. The maximum Gasteiger partial charge on any atom is 0.0186 e. The Morgan fingerprint density at radius 2 is 2.05 bits per heavy atom. The SMILES string of the molecule is CCC(N)Cc1ccc(Br)cc1SC1CCCCC1. The molecule has 2 rings (SSSR count). The fourth-order valence-electron chi connectivity index (χ4n) is 2.60. The average molecular weight is 342 g/mol. The van der Waals surface area contributed by atoms with Gasteiger partial charge in [-0.15, -0.1) is 11.8 Å². The van der Waals surface area contributed by atoms with Crippen LogP contribution in [0.5, 0.6) is 0 Å². The number of rotatable bonds is 5. The summed E-state index contributed by atoms with van der Waals surface area (Å²) in [5.74, 6) is 0. The van der Waals surface area contributed by atoms with Gasteiger partial charge in [0.25, 0.3) is 0 Å². The monoisotopic (exact) mass is 341 g/mol. The van der Waals surface area contributed by atoms with Crippen LogP contribution in [0.2, 0.25) is 0 Å². The zero-order valence-corrected chi connectivity index (χ0v) is 14.1. The van der Waals surface area contributed by atoms with E-state index in [2.05, 4.69) is 52.8 Å². The molecule has 19 heavy (non-hydrogen) atoms. The Morgan fingerprint density at radius 1 is 1.32 bits per heavy atom. The minimum absolute atomic E-state index is 0.284. The van der Waals surface area contributed by atoms with Crippen LogP contribution >= 0.6 is 27.7 Å². The molecule has 0 bridgehead atoms. The van der Waals surface area contributed by atoms with Gasteiger partial charge in [-0.2, -0.15) is 0 Å². The Morgan fingerprint density at radius 3 is 2.74 bits per heavy atom. The summed E-state index contributed by atoms with van der Waals surface area (Å²) >= 11 is 5.67. The molecule has 1 aromatic carbocycles. The topological polar surface area (TPSA) is 26.0 Å². The molecule has 1 saturated carbocycles. The van der Waals surface area contributed by atoms with Gasteiger partial charge in [0.1, 0.15) is 0 Å². The van der Waals surface area contributed by atoms with E-state index in [0.717, 1.165) is 18.1 Å². The fourth-order valence-corrected chi connectivity index (χ4v) is 4.53. The van der Waals surface area contributed by atoms with Crippen molar-refractivity contribution in [2.24, 2.45) is 5.73 Å². The Kier molecular flexibility index (Phi) is 6.24. The summed E-state index contributed by atoms with van der Waals surface area (Å²) in [5, 5.41) is 0.805. The van der Waals surface area contributed by atoms with Gasteiger partial charge in [-0.25, -0.2) is 0 Å². The second-order valence-corrected chi connectivity index (χ2v) is 7.76. The molecule has 1 aliphatic carbocycles. The van der Waals surface area contributed by atoms with Crippen LogP contribution < -0.4 is 5.73 Å². The third kappa shape index (κ3) is 4.80. The van der Waals surface area contributed by atoms with Gasteiger partial charge in [-0.1, -0.05) is 48.2 Å². The molecule has 1 aliphatic rings. The van der Waals surface area contributed by atoms with Gasteiger partial charge in [0.15, 0.2) is 0 Å². The molecule has 0 saturated heterocycles. The first-order chi connectivity index (χ1) is 9.19. The first-order valence-corrected chi connectivity index (χ1v) is 9.07. The van der Waals surface area contributed by atoms with Crippen molar-refractivity contribution < 1.29 is 0 Å². The molecule has 1 atom stereocenters. The van der Waals surface area contributed by atoms with Crippen LogP contribution in [0.3, 0.4) is 0 Å². The quantitative estimate of drug-likeness (QED) is 0.800. The van der Waals surface area contributed by atoms with Crippen molar-refractivity contribution in [2.45, 2.75) is 68.1 Å². The van der Waals surface area contributed by atoms with Crippen LogP contribution in [-0.4, -0.2) is 11.3 Å². The number of halogens is 1. The van der Waals surface area contributed by atoms with E-state index in [1.54, 1.807) is 0 Å². The average Bonchev–Trinajstić information content (AvgIpc) is 2.43. The lowest BCUT2D eigenvalue weighted by molar-refractivity contribution is 0.516. The lowest BCUT2D eigenvalue weighted by atomic mass is 10.0. The summed E-state index contributed by atoms with van der Waals surface area (Å²) in [5.41, 5.74) is 7.55. The van der Waals surface area contributed by atoms with Crippen LogP contribution in [-0.2, 0) is 6.42 Å². The molecule has 0 radical (unpaired) electrons. The molecule has 0 aliphatic heterocycles. The maximum atomic E-state index is 6.12. The lowest BCUT2D eigenvalue weighted by Crippen LogP contribution is -2.21. The third-order valence-corrected chi connectivity index (χ3v) is 5.81. The van der Waals surface area contributed by atoms with Gasteiger partial charge in [-0.05, 0) is 43.4 Å². The highest BCUT2D eigenvalue weighted by atomic mass is 79.9. The van der Waals surface area contributed by atoms with Gasteiger partial charge >= 0.3 is 0 Å². The molecule has 0 amide bonds. The highest BCUT2D eigenvalue weighted by molar-refractivity contribution is 9.10. The largest absolute Gasteiger partial charge is 0.327 e. The molecular formula is C16H24BrNS. The maximum absolute atomic E-state index is 6.12. The molecule has 1 aromatic rings. The van der Waals surface area contributed by atoms with E-state index < -0.39 is 0 Å². The molecular weight excluding hydrogens is 318 g/mol. The molecule has 0 aromatic heterocycles. The number of nitrogens with two attached hydrogens (primary N) is 1. The van der Waals surface area contributed by atoms with E-state index in [1.165, 1.54) is 47.0 Å². The van der Waals surface area contributed by atoms with E-state index in [1.807, 2.05) is 0 Å². The predicted molar refractivity (Wildman–Crippen MR) is 88.8 cm³/mol. The molecule has 2 N–H and O–H groups in total. The first kappa shape index (κ1) is 15.4. The van der Waals surface area contributed by atoms with Crippen molar-refractivity contribution >= 4 is 27.7 Å². The summed E-state index contributed by atoms with van der Waals surface area (Å²) in [4.78, 5) is 1.44. The van der Waals surface area contributed by atoms with E-state index >= 15 is 0 Å². The van der Waals surface area contributed by atoms with Crippen molar-refractivity contribution in [3.63, 3.8) is 0 Å². The van der Waals surface area contributed by atoms with Crippen molar-refractivity contribution in [1.82, 2.24) is 0 Å². The van der Waals surface area contributed by atoms with Gasteiger partial charge < -0.3 is 5.73 Å². The normalized spacial score (nSPS) is 18.5. The molecule has 0 spiro atoms. The smallest absolute Gasteiger partial charge is 0.0186 e. The molecule has 3 heteroatoms. The summed E-state index contributed by atoms with van der Waals surface area (Å²) in [7, 11) is 0. The molecule has 1 unspecified atom stereocenters. The van der Waals surface area contributed by atoms with Crippen LogP contribution in [0.25, 0.3) is 0 Å². The molecule has 0 heterocycles. The number of hydrogen-bond donors (Lipinski definition) is 1. The summed E-state index contributed by atoms with van der Waals surface area (Å²) < 4.78 is 1.18. The third-order valence-electron chi connectivity index (χ3n) is 3.88. The zero-order valence-electron chi connectivity index (χ0n) is 11.7. The molecule has 1 fully saturated rings. The van der Waals surface area contributed by atoms with Crippen molar-refractivity contribution in [2.75, 3.05) is 0 Å². The number of hydrogen-bond acceptors (Lipinski definition) is 2. The van der Waals surface area contributed by atoms with E-state index in [9.17, 15) is 0 Å². The van der Waals surface area contributed by atoms with Gasteiger partial charge in [0.05, 0.1) is 0 Å². The minimum atomic E-state index is 0.284. The van der Waals surface area contributed by atoms with Crippen LogP contribution in [0.15, 0.2) is 27.6 Å². The first-order valence-electron chi connectivity index (χ1n) is 7.39. The van der Waals surface area contributed by atoms with Crippen molar-refractivity contribution in [3.8, 4) is 0 Å². The second kappa shape index (κ2) is 7.70. The zero-order chi connectivity index (χ0) is 13.7. The van der Waals surface area contributed by atoms with Crippen molar-refractivity contribution in [3.05, 3.63) is 28.2 Å². The fraction of sp³-hybridized carbons (Fsp3) is 0.625. The molecule has 106 valence electrons. The number of thioether (sulfide) groups is 1. The Balaban J connectivity index is 2.09. The summed E-state index contributed by atoms with van der Waals surface area (Å²) in [6.07, 6.45) is 9.00. The second-order valence-electron chi connectivity index (χ2n) is 5.50.